The molecule has 0 aliphatic rings. The van der Waals surface area contributed by atoms with Crippen molar-refractivity contribution in [2.45, 2.75) is 150 Å². The van der Waals surface area contributed by atoms with Gasteiger partial charge in [-0.25, -0.2) is 57.5 Å². The Morgan fingerprint density at radius 1 is 0.359 bits per heavy atom. The van der Waals surface area contributed by atoms with Gasteiger partial charge in [-0.2, -0.15) is 0 Å². The fraction of sp³-hybridized carbons (Fsp3) is 0.507. The third kappa shape index (κ3) is 31.3. The van der Waals surface area contributed by atoms with Gasteiger partial charge in [-0.15, -0.1) is 0 Å². The molecular weight excluding hydrogens is 1410 g/mol. The average molecular weight is 1520 g/mol. The monoisotopic (exact) mass is 1520 g/mol. The molecule has 29 nitrogen and oxygen atoms in total. The number of carboxylic acids is 1. The number of hydrogen-bond acceptors (Lipinski definition) is 26. The molecular formula is C73H106BrN5O24. The van der Waals surface area contributed by atoms with Crippen LogP contribution in [-0.4, -0.2) is 213 Å². The Morgan fingerprint density at radius 2 is 0.612 bits per heavy atom. The van der Waals surface area contributed by atoms with Gasteiger partial charge in [0.25, 0.3) is 0 Å². The van der Waals surface area contributed by atoms with E-state index in [0.717, 1.165) is 40.0 Å². The zero-order valence-electron chi connectivity index (χ0n) is 62.8. The maximum atomic E-state index is 12.3. The third-order valence-electron chi connectivity index (χ3n) is 14.5. The summed E-state index contributed by atoms with van der Waals surface area (Å²) in [6, 6.07) is 37.9. The number of rotatable bonds is 31. The number of esters is 9. The molecule has 0 aliphatic heterocycles. The molecule has 3 N–H and O–H groups in total. The Balaban J connectivity index is 0. The molecule has 0 saturated carbocycles. The smallest absolute Gasteiger partial charge is 0.411 e. The van der Waals surface area contributed by atoms with E-state index >= 15 is 0 Å². The number of nitrogens with one attached hydrogen (secondary N) is 2. The largest absolute Gasteiger partial charge is 0.479 e. The standard InChI is InChI=1S/C17H23NO6.C16H23NO4.C15H19NO6.C9H17NO4.C8H13BrO4.C8H11N/c1-5-22-14(19)17(3,15(20)23-6-2)18(4)16(21)24-12-13-10-8-7-9-11-13;1-5-20-14(18)16(3,15(19)21-6-2)17(4)12-13-10-8-7-9-11-13;1-4-21-13(19)15(2,12(17)18)16(3)14(20)22-10-11-8-6-5-7-9-11;1-5-13-7(11)9(3,10-4)8(12)14-6-2;1-4-12-6(10)8(3,9)7(11)13-5-2;1-9-7-8-5-3-2-4-6-8/h7-11H,5-6,12H2,1-4H3;7-11H,5-6,12H2,1-4H3;5-9H,4,10H2,1-3H3,(H,17,18);10H,5-6H2,1-4H3;4-5H2,1-3H3;2-6,9H,7H2,1H3/t;;15-;;;/m..1.../s1. The topological polar surface area (TPSA) is 360 Å². The van der Waals surface area contributed by atoms with Crippen LogP contribution in [0, 0.1) is 0 Å². The van der Waals surface area contributed by atoms with Crippen molar-refractivity contribution < 1.29 is 115 Å². The normalized spacial score (nSPS) is 11.2. The maximum Gasteiger partial charge on any atom is 0.411 e. The molecule has 4 rings (SSSR count). The highest BCUT2D eigenvalue weighted by atomic mass is 79.9. The number of aliphatic carboxylic acids is 1. The van der Waals surface area contributed by atoms with Crippen LogP contribution < -0.4 is 10.6 Å². The zero-order valence-corrected chi connectivity index (χ0v) is 64.4. The Bertz CT molecular complexity index is 3150. The van der Waals surface area contributed by atoms with Crippen molar-refractivity contribution in [1.29, 1.82) is 0 Å². The van der Waals surface area contributed by atoms with Crippen LogP contribution in [0.3, 0.4) is 0 Å². The number of nitrogens with zero attached hydrogens (tertiary/aromatic N) is 3. The highest BCUT2D eigenvalue weighted by molar-refractivity contribution is 9.10. The molecule has 0 aromatic heterocycles. The SMILES string of the molecule is CCOC(=O)C(C)(Br)C(=O)OCC.CCOC(=O)C(C)(C(=O)OCC)N(C)C(=O)OCc1ccccc1.CCOC(=O)C(C)(C(=O)OCC)N(C)Cc1ccccc1.CCOC(=O)C(C)(NC)C(=O)OCC.CCOC(=O)[C@@](C)(C(=O)O)N(C)C(=O)OCc1ccccc1.CNCc1ccccc1. The number of carbonyl (C=O) groups is 12. The van der Waals surface area contributed by atoms with Crippen molar-refractivity contribution in [3.63, 3.8) is 0 Å². The summed E-state index contributed by atoms with van der Waals surface area (Å²) in [4.78, 5) is 145. The number of hydrogen-bond donors (Lipinski definition) is 3. The van der Waals surface area contributed by atoms with Crippen molar-refractivity contribution >= 4 is 87.8 Å². The molecule has 103 heavy (non-hydrogen) atoms. The zero-order chi connectivity index (χ0) is 79.0. The summed E-state index contributed by atoms with van der Waals surface area (Å²) >= 11 is 2.97. The van der Waals surface area contributed by atoms with E-state index in [4.69, 9.17) is 42.6 Å². The second kappa shape index (κ2) is 50.8. The van der Waals surface area contributed by atoms with Gasteiger partial charge in [0.05, 0.1) is 59.5 Å². The Kier molecular flexibility index (Phi) is 47.1. The summed E-state index contributed by atoms with van der Waals surface area (Å²) in [5.41, 5.74) is -3.07. The molecule has 0 saturated heterocycles. The molecule has 0 heterocycles. The summed E-state index contributed by atoms with van der Waals surface area (Å²) in [7, 11) is 7.64. The van der Waals surface area contributed by atoms with Gasteiger partial charge in [-0.1, -0.05) is 137 Å². The van der Waals surface area contributed by atoms with Crippen molar-refractivity contribution in [3.8, 4) is 0 Å². The Labute approximate surface area is 613 Å². The molecule has 0 bridgehead atoms. The predicted molar refractivity (Wildman–Crippen MR) is 383 cm³/mol. The van der Waals surface area contributed by atoms with Gasteiger partial charge < -0.3 is 62.5 Å². The van der Waals surface area contributed by atoms with Gasteiger partial charge in [-0.3, -0.25) is 20.0 Å². The number of halogens is 1. The Hall–Kier alpha value is -9.52. The second-order valence-electron chi connectivity index (χ2n) is 21.9. The van der Waals surface area contributed by atoms with E-state index in [1.165, 1.54) is 54.4 Å². The molecule has 0 unspecified atom stereocenters. The van der Waals surface area contributed by atoms with Crippen molar-refractivity contribution in [2.75, 3.05) is 94.7 Å². The molecule has 0 spiro atoms. The van der Waals surface area contributed by atoms with Crippen LogP contribution in [0.4, 0.5) is 9.59 Å². The number of carboxylic acid groups (broad SMARTS) is 1. The number of likely N-dealkylation sites (N-methyl/N-ethyl adjacent to an activating group) is 4. The lowest BCUT2D eigenvalue weighted by atomic mass is 9.99. The van der Waals surface area contributed by atoms with Crippen LogP contribution in [0.5, 0.6) is 0 Å². The fourth-order valence-electron chi connectivity index (χ4n) is 7.75. The lowest BCUT2D eigenvalue weighted by Crippen LogP contribution is -2.60. The first-order chi connectivity index (χ1) is 48.6. The van der Waals surface area contributed by atoms with Gasteiger partial charge in [0.1, 0.15) is 13.2 Å². The maximum absolute atomic E-state index is 12.3. The van der Waals surface area contributed by atoms with Crippen LogP contribution >= 0.6 is 15.9 Å². The summed E-state index contributed by atoms with van der Waals surface area (Å²) in [5.74, 6) is -7.97. The van der Waals surface area contributed by atoms with E-state index in [1.807, 2.05) is 79.8 Å². The molecule has 1 atom stereocenters. The minimum absolute atomic E-state index is 0.00854. The van der Waals surface area contributed by atoms with Crippen LogP contribution in [0.1, 0.15) is 119 Å². The Morgan fingerprint density at radius 3 is 0.893 bits per heavy atom. The summed E-state index contributed by atoms with van der Waals surface area (Å²) < 4.78 is 52.4. The molecule has 0 fully saturated rings. The number of amides is 2. The summed E-state index contributed by atoms with van der Waals surface area (Å²) in [5, 5.41) is 15.0. The van der Waals surface area contributed by atoms with Gasteiger partial charge in [0.2, 0.25) is 26.5 Å². The molecule has 574 valence electrons. The minimum Gasteiger partial charge on any atom is -0.479 e. The van der Waals surface area contributed by atoms with Crippen LogP contribution in [0.15, 0.2) is 121 Å². The van der Waals surface area contributed by atoms with Crippen LogP contribution in [-0.2, 0) is 126 Å². The third-order valence-corrected chi connectivity index (χ3v) is 15.2. The van der Waals surface area contributed by atoms with E-state index in [2.05, 4.69) is 48.2 Å². The number of alkyl halides is 1. The first-order valence-corrected chi connectivity index (χ1v) is 33.9. The van der Waals surface area contributed by atoms with Gasteiger partial charge in [-0.05, 0) is 140 Å². The molecule has 2 amide bonds. The van der Waals surface area contributed by atoms with Crippen molar-refractivity contribution in [3.05, 3.63) is 144 Å². The first-order valence-electron chi connectivity index (χ1n) is 33.1. The van der Waals surface area contributed by atoms with Crippen LogP contribution in [0.2, 0.25) is 0 Å². The highest BCUT2D eigenvalue weighted by Crippen LogP contribution is 2.24. The van der Waals surface area contributed by atoms with Gasteiger partial charge in [0, 0.05) is 27.2 Å². The lowest BCUT2D eigenvalue weighted by molar-refractivity contribution is -0.174. The highest BCUT2D eigenvalue weighted by Gasteiger charge is 2.52. The van der Waals surface area contributed by atoms with Gasteiger partial charge in [0.15, 0.2) is 0 Å². The number of ether oxygens (including phenoxy) is 11. The van der Waals surface area contributed by atoms with E-state index < -0.39 is 98.4 Å². The molecule has 0 aliphatic carbocycles. The second-order valence-corrected chi connectivity index (χ2v) is 23.5. The molecule has 4 aromatic rings. The summed E-state index contributed by atoms with van der Waals surface area (Å²) in [6.45, 7) is 24.5. The molecule has 30 heteroatoms. The predicted octanol–water partition coefficient (Wildman–Crippen LogP) is 8.57. The molecule has 4 aromatic carbocycles. The minimum atomic E-state index is -2.15. The van der Waals surface area contributed by atoms with E-state index in [9.17, 15) is 62.6 Å². The number of benzene rings is 4. The lowest BCUT2D eigenvalue weighted by Gasteiger charge is -2.34. The fourth-order valence-corrected chi connectivity index (χ4v) is 7.97. The summed E-state index contributed by atoms with van der Waals surface area (Å²) in [6.07, 6.45) is -1.76. The van der Waals surface area contributed by atoms with Crippen molar-refractivity contribution in [1.82, 2.24) is 25.3 Å². The van der Waals surface area contributed by atoms with Crippen LogP contribution in [0.25, 0.3) is 0 Å². The van der Waals surface area contributed by atoms with E-state index in [1.54, 1.807) is 111 Å². The molecule has 0 radical (unpaired) electrons. The van der Waals surface area contributed by atoms with Gasteiger partial charge >= 0.3 is 71.9 Å². The first kappa shape index (κ1) is 95.5. The van der Waals surface area contributed by atoms with E-state index in [0.29, 0.717) is 6.54 Å². The average Bonchev–Trinajstić information content (AvgIpc) is 0.814. The quantitative estimate of drug-likeness (QED) is 0.0184. The van der Waals surface area contributed by atoms with Crippen molar-refractivity contribution in [2.24, 2.45) is 0 Å². The van der Waals surface area contributed by atoms with E-state index in [-0.39, 0.29) is 72.7 Å². The number of carbonyl (C=O) groups excluding carboxylic acids is 11.